The van der Waals surface area contributed by atoms with Crippen molar-refractivity contribution in [3.05, 3.63) is 0 Å². The fourth-order valence-corrected chi connectivity index (χ4v) is 2.28. The number of ether oxygens (including phenoxy) is 1. The van der Waals surface area contributed by atoms with Gasteiger partial charge in [0, 0.05) is 25.2 Å². The van der Waals surface area contributed by atoms with Gasteiger partial charge in [0.05, 0.1) is 13.2 Å². The van der Waals surface area contributed by atoms with Gasteiger partial charge in [-0.15, -0.1) is 0 Å². The van der Waals surface area contributed by atoms with Crippen LogP contribution in [0.5, 0.6) is 0 Å². The number of morpholine rings is 1. The molecule has 0 spiro atoms. The Morgan fingerprint density at radius 3 is 2.81 bits per heavy atom. The summed E-state index contributed by atoms with van der Waals surface area (Å²) in [5.41, 5.74) is 0. The van der Waals surface area contributed by atoms with Crippen molar-refractivity contribution in [3.8, 4) is 0 Å². The van der Waals surface area contributed by atoms with Gasteiger partial charge >= 0.3 is 0 Å². The second-order valence-electron chi connectivity index (χ2n) is 4.69. The number of rotatable bonds is 7. The molecular formula is C13H28N2O. The summed E-state index contributed by atoms with van der Waals surface area (Å²) in [6.07, 6.45) is 3.63. The van der Waals surface area contributed by atoms with Crippen molar-refractivity contribution < 1.29 is 4.74 Å². The van der Waals surface area contributed by atoms with E-state index in [9.17, 15) is 0 Å². The molecule has 96 valence electrons. The summed E-state index contributed by atoms with van der Waals surface area (Å²) in [5.74, 6) is 0. The maximum Gasteiger partial charge on any atom is 0.0622 e. The molecule has 1 fully saturated rings. The zero-order valence-corrected chi connectivity index (χ0v) is 11.2. The summed E-state index contributed by atoms with van der Waals surface area (Å²) in [7, 11) is 0. The highest BCUT2D eigenvalue weighted by Gasteiger charge is 2.23. The smallest absolute Gasteiger partial charge is 0.0622 e. The van der Waals surface area contributed by atoms with Gasteiger partial charge in [-0.05, 0) is 25.8 Å². The van der Waals surface area contributed by atoms with Crippen molar-refractivity contribution in [1.82, 2.24) is 10.2 Å². The minimum Gasteiger partial charge on any atom is -0.378 e. The highest BCUT2D eigenvalue weighted by molar-refractivity contribution is 4.78. The summed E-state index contributed by atoms with van der Waals surface area (Å²) < 4.78 is 5.54. The molecule has 3 nitrogen and oxygen atoms in total. The Labute approximate surface area is 101 Å². The summed E-state index contributed by atoms with van der Waals surface area (Å²) >= 11 is 0. The van der Waals surface area contributed by atoms with Gasteiger partial charge in [0.1, 0.15) is 0 Å². The zero-order chi connectivity index (χ0) is 11.8. The number of hydrogen-bond donors (Lipinski definition) is 1. The van der Waals surface area contributed by atoms with Gasteiger partial charge in [0.2, 0.25) is 0 Å². The first-order chi connectivity index (χ1) is 7.81. The number of nitrogens with one attached hydrogen (secondary N) is 1. The third-order valence-electron chi connectivity index (χ3n) is 3.45. The molecule has 0 aromatic heterocycles. The van der Waals surface area contributed by atoms with Crippen molar-refractivity contribution in [3.63, 3.8) is 0 Å². The van der Waals surface area contributed by atoms with Crippen molar-refractivity contribution in [2.75, 3.05) is 32.8 Å². The van der Waals surface area contributed by atoms with E-state index < -0.39 is 0 Å². The van der Waals surface area contributed by atoms with E-state index >= 15 is 0 Å². The van der Waals surface area contributed by atoms with Gasteiger partial charge in [-0.25, -0.2) is 0 Å². The fraction of sp³-hybridized carbons (Fsp3) is 1.00. The maximum absolute atomic E-state index is 5.54. The van der Waals surface area contributed by atoms with E-state index in [1.54, 1.807) is 0 Å². The van der Waals surface area contributed by atoms with Gasteiger partial charge in [0.25, 0.3) is 0 Å². The van der Waals surface area contributed by atoms with E-state index in [-0.39, 0.29) is 0 Å². The largest absolute Gasteiger partial charge is 0.378 e. The van der Waals surface area contributed by atoms with Crippen LogP contribution in [-0.2, 0) is 4.74 Å². The van der Waals surface area contributed by atoms with Crippen LogP contribution in [0.4, 0.5) is 0 Å². The molecule has 1 heterocycles. The van der Waals surface area contributed by atoms with Gasteiger partial charge < -0.3 is 10.1 Å². The Morgan fingerprint density at radius 2 is 2.19 bits per heavy atom. The lowest BCUT2D eigenvalue weighted by atomic mass is 10.1. The minimum atomic E-state index is 0.631. The van der Waals surface area contributed by atoms with Gasteiger partial charge in [-0.1, -0.05) is 20.8 Å². The molecule has 1 aliphatic heterocycles. The first-order valence-electron chi connectivity index (χ1n) is 6.86. The van der Waals surface area contributed by atoms with E-state index in [0.29, 0.717) is 12.1 Å². The summed E-state index contributed by atoms with van der Waals surface area (Å²) in [4.78, 5) is 2.60. The number of nitrogens with zero attached hydrogens (tertiary/aromatic N) is 1. The molecular weight excluding hydrogens is 200 g/mol. The van der Waals surface area contributed by atoms with Gasteiger partial charge in [-0.3, -0.25) is 4.90 Å². The average Bonchev–Trinajstić information content (AvgIpc) is 2.34. The molecule has 1 saturated heterocycles. The van der Waals surface area contributed by atoms with Crippen LogP contribution >= 0.6 is 0 Å². The minimum absolute atomic E-state index is 0.631. The van der Waals surface area contributed by atoms with Gasteiger partial charge in [0.15, 0.2) is 0 Å². The lowest BCUT2D eigenvalue weighted by molar-refractivity contribution is -0.0127. The van der Waals surface area contributed by atoms with E-state index in [1.165, 1.54) is 25.8 Å². The van der Waals surface area contributed by atoms with Crippen LogP contribution in [-0.4, -0.2) is 49.8 Å². The summed E-state index contributed by atoms with van der Waals surface area (Å²) in [6, 6.07) is 1.28. The molecule has 1 rings (SSSR count). The number of hydrogen-bond acceptors (Lipinski definition) is 3. The van der Waals surface area contributed by atoms with E-state index in [1.807, 2.05) is 0 Å². The molecule has 1 aliphatic rings. The van der Waals surface area contributed by atoms with E-state index in [0.717, 1.165) is 26.3 Å². The highest BCUT2D eigenvalue weighted by Crippen LogP contribution is 2.11. The van der Waals surface area contributed by atoms with Crippen molar-refractivity contribution in [2.45, 2.75) is 52.1 Å². The van der Waals surface area contributed by atoms with Crippen molar-refractivity contribution >= 4 is 0 Å². The topological polar surface area (TPSA) is 24.5 Å². The quantitative estimate of drug-likeness (QED) is 0.720. The Hall–Kier alpha value is -0.120. The first-order valence-corrected chi connectivity index (χ1v) is 6.86. The Morgan fingerprint density at radius 1 is 1.38 bits per heavy atom. The van der Waals surface area contributed by atoms with Crippen LogP contribution in [0.1, 0.15) is 40.0 Å². The standard InChI is InChI=1S/C13H28N2O/c1-4-7-14-12(5-2)10-15-8-9-16-11-13(15)6-3/h12-14H,4-11H2,1-3H3. The van der Waals surface area contributed by atoms with Crippen LogP contribution in [0.2, 0.25) is 0 Å². The van der Waals surface area contributed by atoms with Crippen LogP contribution < -0.4 is 5.32 Å². The first kappa shape index (κ1) is 13.9. The highest BCUT2D eigenvalue weighted by atomic mass is 16.5. The van der Waals surface area contributed by atoms with Crippen molar-refractivity contribution in [1.29, 1.82) is 0 Å². The second-order valence-corrected chi connectivity index (χ2v) is 4.69. The van der Waals surface area contributed by atoms with Gasteiger partial charge in [-0.2, -0.15) is 0 Å². The predicted octanol–water partition coefficient (Wildman–Crippen LogP) is 1.88. The zero-order valence-electron chi connectivity index (χ0n) is 11.2. The molecule has 0 aromatic carbocycles. The predicted molar refractivity (Wildman–Crippen MR) is 68.8 cm³/mol. The van der Waals surface area contributed by atoms with Crippen LogP contribution in [0.3, 0.4) is 0 Å². The molecule has 0 saturated carbocycles. The summed E-state index contributed by atoms with van der Waals surface area (Å²) in [6.45, 7) is 12.0. The van der Waals surface area contributed by atoms with Crippen LogP contribution in [0.25, 0.3) is 0 Å². The second kappa shape index (κ2) is 8.04. The fourth-order valence-electron chi connectivity index (χ4n) is 2.28. The molecule has 0 aliphatic carbocycles. The van der Waals surface area contributed by atoms with Crippen LogP contribution in [0, 0.1) is 0 Å². The Balaban J connectivity index is 2.35. The van der Waals surface area contributed by atoms with E-state index in [4.69, 9.17) is 4.74 Å². The molecule has 1 N–H and O–H groups in total. The monoisotopic (exact) mass is 228 g/mol. The van der Waals surface area contributed by atoms with Crippen molar-refractivity contribution in [2.24, 2.45) is 0 Å². The lowest BCUT2D eigenvalue weighted by Crippen LogP contribution is -2.50. The molecule has 16 heavy (non-hydrogen) atoms. The Bertz CT molecular complexity index is 175. The molecule has 0 radical (unpaired) electrons. The SMILES string of the molecule is CCCNC(CC)CN1CCOCC1CC. The molecule has 2 unspecified atom stereocenters. The lowest BCUT2D eigenvalue weighted by Gasteiger charge is -2.37. The normalized spacial score (nSPS) is 24.6. The molecule has 0 amide bonds. The maximum atomic E-state index is 5.54. The van der Waals surface area contributed by atoms with Crippen LogP contribution in [0.15, 0.2) is 0 Å². The van der Waals surface area contributed by atoms with E-state index in [2.05, 4.69) is 31.0 Å². The average molecular weight is 228 g/mol. The third-order valence-corrected chi connectivity index (χ3v) is 3.45. The molecule has 0 bridgehead atoms. The third kappa shape index (κ3) is 4.40. The Kier molecular flexibility index (Phi) is 7.01. The molecule has 0 aromatic rings. The molecule has 2 atom stereocenters. The molecule has 3 heteroatoms. The summed E-state index contributed by atoms with van der Waals surface area (Å²) in [5, 5.41) is 3.63.